The number of carbonyl (C=O) groups excluding carboxylic acids is 2. The summed E-state index contributed by atoms with van der Waals surface area (Å²) < 4.78 is 6.49. The molecule has 204 valence electrons. The Morgan fingerprint density at radius 1 is 0.923 bits per heavy atom. The highest BCUT2D eigenvalue weighted by atomic mass is 35.5. The van der Waals surface area contributed by atoms with Gasteiger partial charge in [0.1, 0.15) is 11.3 Å². The molecule has 2 aliphatic rings. The highest BCUT2D eigenvalue weighted by Gasteiger charge is 2.44. The van der Waals surface area contributed by atoms with E-state index in [-0.39, 0.29) is 11.8 Å². The van der Waals surface area contributed by atoms with Gasteiger partial charge in [0.05, 0.1) is 28.6 Å². The number of amides is 2. The van der Waals surface area contributed by atoms with Crippen molar-refractivity contribution < 1.29 is 14.3 Å². The molecule has 5 rings (SSSR count). The molecule has 0 spiro atoms. The molecule has 1 aromatic heterocycles. The summed E-state index contributed by atoms with van der Waals surface area (Å²) in [6.07, 6.45) is 3.55. The summed E-state index contributed by atoms with van der Waals surface area (Å²) in [5, 5.41) is 0.907. The first-order valence-corrected chi connectivity index (χ1v) is 14.0. The minimum atomic E-state index is -0.769. The minimum Gasteiger partial charge on any atom is -0.369 e. The molecule has 2 aromatic carbocycles. The van der Waals surface area contributed by atoms with Gasteiger partial charge in [0.25, 0.3) is 5.91 Å². The largest absolute Gasteiger partial charge is 0.369 e. The second-order valence-corrected chi connectivity index (χ2v) is 11.1. The van der Waals surface area contributed by atoms with Crippen LogP contribution in [0.1, 0.15) is 40.9 Å². The average Bonchev–Trinajstić information content (AvgIpc) is 2.98. The summed E-state index contributed by atoms with van der Waals surface area (Å²) in [6, 6.07) is 20.7. The van der Waals surface area contributed by atoms with E-state index in [1.54, 1.807) is 29.3 Å². The van der Waals surface area contributed by atoms with Gasteiger partial charge in [-0.25, -0.2) is 0 Å². The topological polar surface area (TPSA) is 88.8 Å². The van der Waals surface area contributed by atoms with E-state index in [1.807, 2.05) is 48.5 Å². The van der Waals surface area contributed by atoms with E-state index in [9.17, 15) is 9.59 Å². The van der Waals surface area contributed by atoms with Crippen molar-refractivity contribution in [3.8, 4) is 0 Å². The van der Waals surface area contributed by atoms with Crippen molar-refractivity contribution in [1.82, 2.24) is 14.8 Å². The van der Waals surface area contributed by atoms with E-state index in [4.69, 9.17) is 33.7 Å². The predicted octanol–water partition coefficient (Wildman–Crippen LogP) is 4.67. The fourth-order valence-electron chi connectivity index (χ4n) is 5.79. The molecule has 9 heteroatoms. The number of halogens is 2. The third-order valence-corrected chi connectivity index (χ3v) is 8.88. The van der Waals surface area contributed by atoms with Crippen molar-refractivity contribution in [3.63, 3.8) is 0 Å². The van der Waals surface area contributed by atoms with E-state index < -0.39 is 11.0 Å². The van der Waals surface area contributed by atoms with Crippen LogP contribution in [0.15, 0.2) is 72.9 Å². The summed E-state index contributed by atoms with van der Waals surface area (Å²) in [6.45, 7) is 3.40. The monoisotopic (exact) mass is 566 g/mol. The summed E-state index contributed by atoms with van der Waals surface area (Å²) in [7, 11) is 0. The van der Waals surface area contributed by atoms with Crippen molar-refractivity contribution in [1.29, 1.82) is 0 Å². The Bertz CT molecular complexity index is 1320. The Hall–Kier alpha value is -2.97. The van der Waals surface area contributed by atoms with Crippen molar-refractivity contribution in [2.24, 2.45) is 5.73 Å². The first kappa shape index (κ1) is 27.6. The molecule has 0 bridgehead atoms. The molecular weight excluding hydrogens is 535 g/mol. The number of nitrogens with zero attached hydrogens (tertiary/aromatic N) is 3. The van der Waals surface area contributed by atoms with Crippen molar-refractivity contribution >= 4 is 35.0 Å². The molecule has 2 aliphatic heterocycles. The molecule has 39 heavy (non-hydrogen) atoms. The summed E-state index contributed by atoms with van der Waals surface area (Å²) in [5.74, 6) is -0.407. The molecule has 7 nitrogen and oxygen atoms in total. The second-order valence-electron chi connectivity index (χ2n) is 10.3. The van der Waals surface area contributed by atoms with E-state index >= 15 is 0 Å². The highest BCUT2D eigenvalue weighted by Crippen LogP contribution is 2.39. The lowest BCUT2D eigenvalue weighted by molar-refractivity contribution is -0.126. The Balaban J connectivity index is 1.35. The Morgan fingerprint density at radius 2 is 1.67 bits per heavy atom. The number of hydrogen-bond donors (Lipinski definition) is 1. The molecule has 1 unspecified atom stereocenters. The van der Waals surface area contributed by atoms with Gasteiger partial charge in [0.15, 0.2) is 0 Å². The second kappa shape index (κ2) is 11.6. The van der Waals surface area contributed by atoms with Gasteiger partial charge in [0.2, 0.25) is 5.91 Å². The van der Waals surface area contributed by atoms with E-state index in [0.717, 1.165) is 30.8 Å². The molecule has 3 heterocycles. The normalized spacial score (nSPS) is 21.4. The van der Waals surface area contributed by atoms with Gasteiger partial charge in [-0.05, 0) is 67.7 Å². The molecule has 1 atom stereocenters. The fraction of sp³-hybridized carbons (Fsp3) is 0.367. The number of morpholine rings is 1. The lowest BCUT2D eigenvalue weighted by Gasteiger charge is -2.45. The molecule has 0 aliphatic carbocycles. The van der Waals surface area contributed by atoms with Crippen LogP contribution in [0.3, 0.4) is 0 Å². The third-order valence-electron chi connectivity index (χ3n) is 8.14. The lowest BCUT2D eigenvalue weighted by Crippen LogP contribution is -2.54. The quantitative estimate of drug-likeness (QED) is 0.449. The Kier molecular flexibility index (Phi) is 8.24. The van der Waals surface area contributed by atoms with Crippen LogP contribution in [0.5, 0.6) is 0 Å². The van der Waals surface area contributed by atoms with Crippen LogP contribution in [0, 0.1) is 0 Å². The molecule has 0 radical (unpaired) electrons. The van der Waals surface area contributed by atoms with Gasteiger partial charge in [-0.1, -0.05) is 65.7 Å². The van der Waals surface area contributed by atoms with Gasteiger partial charge >= 0.3 is 0 Å². The number of hydrogen-bond acceptors (Lipinski definition) is 5. The Labute approximate surface area is 238 Å². The average molecular weight is 568 g/mol. The highest BCUT2D eigenvalue weighted by molar-refractivity contribution is 6.42. The predicted molar refractivity (Wildman–Crippen MR) is 152 cm³/mol. The number of piperidine rings is 1. The number of pyridine rings is 1. The van der Waals surface area contributed by atoms with Gasteiger partial charge in [-0.2, -0.15) is 0 Å². The van der Waals surface area contributed by atoms with Crippen LogP contribution in [0.25, 0.3) is 0 Å². The number of carbonyl (C=O) groups is 2. The van der Waals surface area contributed by atoms with Crippen LogP contribution >= 0.6 is 23.2 Å². The smallest absolute Gasteiger partial charge is 0.272 e. The van der Waals surface area contributed by atoms with Crippen LogP contribution in [0.2, 0.25) is 10.0 Å². The third kappa shape index (κ3) is 5.68. The van der Waals surface area contributed by atoms with Crippen LogP contribution in [0.4, 0.5) is 0 Å². The van der Waals surface area contributed by atoms with E-state index in [2.05, 4.69) is 9.88 Å². The van der Waals surface area contributed by atoms with Gasteiger partial charge < -0.3 is 20.3 Å². The van der Waals surface area contributed by atoms with Crippen LogP contribution in [-0.2, 0) is 20.5 Å². The summed E-state index contributed by atoms with van der Waals surface area (Å²) >= 11 is 12.7. The van der Waals surface area contributed by atoms with Crippen molar-refractivity contribution in [3.05, 3.63) is 99.8 Å². The fourth-order valence-corrected chi connectivity index (χ4v) is 6.09. The zero-order chi connectivity index (χ0) is 27.5. The molecule has 0 saturated carbocycles. The van der Waals surface area contributed by atoms with E-state index in [0.29, 0.717) is 54.7 Å². The van der Waals surface area contributed by atoms with Crippen LogP contribution < -0.4 is 5.73 Å². The standard InChI is InChI=1S/C30H32Cl2N4O3/c31-24-10-9-23(20-25(24)32)30(21-36(18-19-39-30)27(37)26-8-4-5-14-34-26)13-17-35-15-11-29(12-16-35,28(33)38)22-6-2-1-3-7-22/h1-10,14,20H,11-13,15-19,21H2,(H2,33,38). The van der Waals surface area contributed by atoms with E-state index in [1.165, 1.54) is 0 Å². The zero-order valence-corrected chi connectivity index (χ0v) is 23.2. The minimum absolute atomic E-state index is 0.129. The summed E-state index contributed by atoms with van der Waals surface area (Å²) in [5.41, 5.74) is 6.77. The molecule has 2 saturated heterocycles. The maximum Gasteiger partial charge on any atom is 0.272 e. The number of nitrogens with two attached hydrogens (primary N) is 1. The molecule has 2 fully saturated rings. The van der Waals surface area contributed by atoms with Crippen LogP contribution in [-0.4, -0.2) is 65.9 Å². The maximum absolute atomic E-state index is 13.3. The number of rotatable bonds is 7. The first-order chi connectivity index (χ1) is 18.8. The first-order valence-electron chi connectivity index (χ1n) is 13.2. The van der Waals surface area contributed by atoms with Crippen molar-refractivity contribution in [2.75, 3.05) is 39.3 Å². The number of likely N-dealkylation sites (tertiary alicyclic amines) is 1. The molecular formula is C30H32Cl2N4O3. The zero-order valence-electron chi connectivity index (χ0n) is 21.7. The maximum atomic E-state index is 13.3. The van der Waals surface area contributed by atoms with Gasteiger partial charge in [-0.3, -0.25) is 14.6 Å². The van der Waals surface area contributed by atoms with Gasteiger partial charge in [0, 0.05) is 19.3 Å². The SMILES string of the molecule is NC(=O)C1(c2ccccc2)CCN(CCC2(c3ccc(Cl)c(Cl)c3)CN(C(=O)c3ccccn3)CCO2)CC1. The lowest BCUT2D eigenvalue weighted by atomic mass is 9.72. The molecule has 3 aromatic rings. The molecule has 2 N–H and O–H groups in total. The summed E-state index contributed by atoms with van der Waals surface area (Å²) in [4.78, 5) is 34.3. The number of benzene rings is 2. The number of aromatic nitrogens is 1. The van der Waals surface area contributed by atoms with Gasteiger partial charge in [-0.15, -0.1) is 0 Å². The van der Waals surface area contributed by atoms with Crippen molar-refractivity contribution in [2.45, 2.75) is 30.3 Å². The molecule has 2 amide bonds. The number of primary amides is 1. The number of ether oxygens (including phenoxy) is 1. The Morgan fingerprint density at radius 3 is 2.33 bits per heavy atom.